The van der Waals surface area contributed by atoms with Crippen molar-refractivity contribution in [2.75, 3.05) is 30.3 Å². The molecule has 1 spiro atoms. The van der Waals surface area contributed by atoms with Crippen molar-refractivity contribution in [1.82, 2.24) is 15.3 Å². The van der Waals surface area contributed by atoms with E-state index in [2.05, 4.69) is 15.2 Å². The molecule has 2 saturated heterocycles. The van der Waals surface area contributed by atoms with Crippen LogP contribution in [-0.2, 0) is 15.9 Å². The van der Waals surface area contributed by atoms with Crippen LogP contribution in [0.15, 0.2) is 12.1 Å². The summed E-state index contributed by atoms with van der Waals surface area (Å²) in [6.07, 6.45) is 0.610. The van der Waals surface area contributed by atoms with Gasteiger partial charge in [0, 0.05) is 18.5 Å². The molecule has 4 unspecified atom stereocenters. The first-order chi connectivity index (χ1) is 16.7. The van der Waals surface area contributed by atoms with Crippen LogP contribution < -0.4 is 26.4 Å². The summed E-state index contributed by atoms with van der Waals surface area (Å²) in [6.45, 7) is 7.36. The fraction of sp³-hybridized carbons (Fsp3) is 0.522. The Morgan fingerprint density at radius 3 is 2.74 bits per heavy atom. The predicted molar refractivity (Wildman–Crippen MR) is 135 cm³/mol. The van der Waals surface area contributed by atoms with Gasteiger partial charge in [-0.1, -0.05) is 0 Å². The number of nitrogens with two attached hydrogens (primary N) is 2. The number of nitrogen functional groups attached to an aromatic ring is 1. The van der Waals surface area contributed by atoms with Crippen LogP contribution in [0, 0.1) is 6.92 Å². The monoisotopic (exact) mass is 516 g/mol. The number of carbonyl (C=O) groups excluding carboxylic acids is 1. The van der Waals surface area contributed by atoms with Crippen molar-refractivity contribution in [2.45, 2.75) is 57.3 Å². The van der Waals surface area contributed by atoms with E-state index in [1.807, 2.05) is 32.9 Å². The maximum atomic E-state index is 12.9. The molecule has 186 valence electrons. The molecule has 3 aliphatic rings. The maximum Gasteiger partial charge on any atom is 0.263 e. The SMILES string of the molecule is Cc1nc2sc(C(=O)NC3COc4nc(N5CC(N)C6(C5)OC(C)C(C)O6)ccc4C3)c(N)c2s1. The van der Waals surface area contributed by atoms with E-state index in [1.54, 1.807) is 0 Å². The molecule has 10 nitrogen and oxygen atoms in total. The molecule has 0 saturated carbocycles. The van der Waals surface area contributed by atoms with Crippen LogP contribution >= 0.6 is 22.7 Å². The summed E-state index contributed by atoms with van der Waals surface area (Å²) < 4.78 is 19.1. The molecular weight excluding hydrogens is 488 g/mol. The third kappa shape index (κ3) is 3.84. The van der Waals surface area contributed by atoms with Crippen LogP contribution in [0.3, 0.4) is 0 Å². The second kappa shape index (κ2) is 8.27. The first-order valence-corrected chi connectivity index (χ1v) is 13.3. The van der Waals surface area contributed by atoms with Gasteiger partial charge in [0.15, 0.2) is 0 Å². The van der Waals surface area contributed by atoms with Crippen molar-refractivity contribution in [1.29, 1.82) is 0 Å². The fourth-order valence-corrected chi connectivity index (χ4v) is 7.02. The summed E-state index contributed by atoms with van der Waals surface area (Å²) in [6, 6.07) is 3.51. The van der Waals surface area contributed by atoms with Gasteiger partial charge in [0.1, 0.15) is 22.1 Å². The van der Waals surface area contributed by atoms with Gasteiger partial charge in [-0.3, -0.25) is 4.79 Å². The molecule has 3 aromatic heterocycles. The number of nitrogens with one attached hydrogen (secondary N) is 1. The van der Waals surface area contributed by atoms with Crippen LogP contribution in [0.25, 0.3) is 9.53 Å². The molecule has 12 heteroatoms. The minimum Gasteiger partial charge on any atom is -0.475 e. The Morgan fingerprint density at radius 1 is 1.23 bits per heavy atom. The molecule has 1 amide bonds. The number of thiazole rings is 1. The molecule has 6 rings (SSSR count). The first-order valence-electron chi connectivity index (χ1n) is 11.7. The van der Waals surface area contributed by atoms with E-state index in [-0.39, 0.29) is 30.2 Å². The third-order valence-corrected chi connectivity index (χ3v) is 9.12. The third-order valence-electron chi connectivity index (χ3n) is 6.89. The highest BCUT2D eigenvalue weighted by Gasteiger charge is 2.54. The summed E-state index contributed by atoms with van der Waals surface area (Å²) in [5.74, 6) is 0.341. The average Bonchev–Trinajstić information content (AvgIpc) is 3.52. The zero-order valence-corrected chi connectivity index (χ0v) is 21.4. The number of rotatable bonds is 3. The second-order valence-corrected chi connectivity index (χ2v) is 11.7. The topological polar surface area (TPSA) is 138 Å². The van der Waals surface area contributed by atoms with E-state index in [0.29, 0.717) is 42.6 Å². The Morgan fingerprint density at radius 2 is 2.00 bits per heavy atom. The van der Waals surface area contributed by atoms with Gasteiger partial charge in [-0.05, 0) is 32.9 Å². The molecule has 0 aromatic carbocycles. The number of anilines is 2. The Balaban J connectivity index is 1.13. The Bertz CT molecular complexity index is 1300. The van der Waals surface area contributed by atoms with Gasteiger partial charge in [0.05, 0.1) is 46.2 Å². The van der Waals surface area contributed by atoms with Gasteiger partial charge in [-0.25, -0.2) is 4.98 Å². The lowest BCUT2D eigenvalue weighted by atomic mass is 10.1. The van der Waals surface area contributed by atoms with Crippen molar-refractivity contribution in [2.24, 2.45) is 5.73 Å². The number of hydrogen-bond donors (Lipinski definition) is 3. The highest BCUT2D eigenvalue weighted by molar-refractivity contribution is 7.29. The van der Waals surface area contributed by atoms with Crippen LogP contribution in [0.2, 0.25) is 0 Å². The molecule has 6 heterocycles. The van der Waals surface area contributed by atoms with Gasteiger partial charge in [-0.2, -0.15) is 4.98 Å². The zero-order valence-electron chi connectivity index (χ0n) is 19.7. The molecular formula is C23H28N6O4S2. The zero-order chi connectivity index (χ0) is 24.5. The Labute approximate surface area is 210 Å². The summed E-state index contributed by atoms with van der Waals surface area (Å²) in [5.41, 5.74) is 14.1. The van der Waals surface area contributed by atoms with E-state index >= 15 is 0 Å². The summed E-state index contributed by atoms with van der Waals surface area (Å²) >= 11 is 2.83. The van der Waals surface area contributed by atoms with E-state index in [4.69, 9.17) is 30.7 Å². The largest absolute Gasteiger partial charge is 0.475 e. The number of aromatic nitrogens is 2. The minimum absolute atomic E-state index is 0.00546. The highest BCUT2D eigenvalue weighted by Crippen LogP contribution is 2.39. The summed E-state index contributed by atoms with van der Waals surface area (Å²) in [4.78, 5) is 25.5. The van der Waals surface area contributed by atoms with E-state index in [1.165, 1.54) is 22.7 Å². The molecule has 2 fully saturated rings. The molecule has 0 aliphatic carbocycles. The molecule has 0 radical (unpaired) electrons. The van der Waals surface area contributed by atoms with Crippen molar-refractivity contribution >= 4 is 49.6 Å². The normalized spacial score (nSPS) is 30.1. The fourth-order valence-electron chi connectivity index (χ4n) is 4.93. The molecule has 35 heavy (non-hydrogen) atoms. The van der Waals surface area contributed by atoms with Crippen LogP contribution in [0.1, 0.15) is 34.1 Å². The highest BCUT2D eigenvalue weighted by atomic mass is 32.1. The number of hydrogen-bond acceptors (Lipinski definition) is 11. The molecule has 3 aromatic rings. The Kier molecular flexibility index (Phi) is 5.42. The van der Waals surface area contributed by atoms with Crippen LogP contribution in [0.4, 0.5) is 11.5 Å². The van der Waals surface area contributed by atoms with Gasteiger partial charge < -0.3 is 35.9 Å². The number of fused-ring (bicyclic) bond motifs is 2. The van der Waals surface area contributed by atoms with Crippen LogP contribution in [-0.4, -0.2) is 65.7 Å². The number of aryl methyl sites for hydroxylation is 1. The lowest BCUT2D eigenvalue weighted by molar-refractivity contribution is -0.164. The molecule has 4 atom stereocenters. The van der Waals surface area contributed by atoms with Gasteiger partial charge >= 0.3 is 0 Å². The number of amides is 1. The predicted octanol–water partition coefficient (Wildman–Crippen LogP) is 2.04. The molecule has 5 N–H and O–H groups in total. The lowest BCUT2D eigenvalue weighted by Crippen LogP contribution is -2.48. The van der Waals surface area contributed by atoms with Crippen molar-refractivity contribution in [3.63, 3.8) is 0 Å². The lowest BCUT2D eigenvalue weighted by Gasteiger charge is -2.28. The van der Waals surface area contributed by atoms with E-state index < -0.39 is 5.79 Å². The molecule has 0 bridgehead atoms. The smallest absolute Gasteiger partial charge is 0.263 e. The average molecular weight is 517 g/mol. The minimum atomic E-state index is -0.807. The number of thiophene rings is 1. The second-order valence-electron chi connectivity index (χ2n) is 9.48. The first kappa shape index (κ1) is 22.9. The van der Waals surface area contributed by atoms with Crippen molar-refractivity contribution in [3.8, 4) is 5.88 Å². The van der Waals surface area contributed by atoms with Gasteiger partial charge in [-0.15, -0.1) is 22.7 Å². The molecule has 3 aliphatic heterocycles. The quantitative estimate of drug-likeness (QED) is 0.477. The van der Waals surface area contributed by atoms with E-state index in [9.17, 15) is 4.79 Å². The van der Waals surface area contributed by atoms with Crippen molar-refractivity contribution < 1.29 is 19.0 Å². The van der Waals surface area contributed by atoms with Crippen LogP contribution in [0.5, 0.6) is 5.88 Å². The van der Waals surface area contributed by atoms with Gasteiger partial charge in [0.25, 0.3) is 5.91 Å². The number of carbonyl (C=O) groups is 1. The summed E-state index contributed by atoms with van der Waals surface area (Å²) in [7, 11) is 0. The number of pyridine rings is 1. The Hall–Kier alpha value is -2.51. The number of ether oxygens (including phenoxy) is 3. The van der Waals surface area contributed by atoms with Gasteiger partial charge in [0.2, 0.25) is 11.7 Å². The van der Waals surface area contributed by atoms with Crippen molar-refractivity contribution in [3.05, 3.63) is 27.6 Å². The summed E-state index contributed by atoms with van der Waals surface area (Å²) in [5, 5.41) is 3.99. The number of nitrogens with zero attached hydrogens (tertiary/aromatic N) is 3. The van der Waals surface area contributed by atoms with E-state index in [0.717, 1.165) is 25.9 Å². The maximum absolute atomic E-state index is 12.9. The standard InChI is InChI=1S/C23H28N6O4S2/c1-10-11(2)33-23(32-10)9-29(7-15(23)24)16-5-4-13-6-14(8-31-21(13)28-16)27-20(30)18-17(25)19-22(35-18)26-12(3)34-19/h4-5,10-11,14-15H,6-9,24-25H2,1-3H3,(H,27,30).